The second kappa shape index (κ2) is 7.88. The van der Waals surface area contributed by atoms with E-state index in [0.717, 1.165) is 11.3 Å². The minimum atomic E-state index is -0.803. The predicted octanol–water partition coefficient (Wildman–Crippen LogP) is 4.88. The fraction of sp³-hybridized carbons (Fsp3) is 0.200. The first-order valence-corrected chi connectivity index (χ1v) is 10.7. The summed E-state index contributed by atoms with van der Waals surface area (Å²) in [5.41, 5.74) is 2.06. The van der Waals surface area contributed by atoms with Crippen LogP contribution < -0.4 is 4.74 Å². The summed E-state index contributed by atoms with van der Waals surface area (Å²) in [6.45, 7) is 2.06. The van der Waals surface area contributed by atoms with Crippen molar-refractivity contribution in [3.05, 3.63) is 93.9 Å². The number of ether oxygens (including phenoxy) is 1. The lowest BCUT2D eigenvalue weighted by atomic mass is 9.94. The third kappa shape index (κ3) is 3.46. The van der Waals surface area contributed by atoms with Crippen LogP contribution in [0.15, 0.2) is 70.9 Å². The third-order valence-corrected chi connectivity index (χ3v) is 6.02. The Morgan fingerprint density at radius 3 is 2.75 bits per heavy atom. The van der Waals surface area contributed by atoms with Gasteiger partial charge in [-0.25, -0.2) is 0 Å². The molecule has 0 bridgehead atoms. The van der Waals surface area contributed by atoms with E-state index in [1.807, 2.05) is 13.0 Å². The van der Waals surface area contributed by atoms with Crippen LogP contribution in [-0.4, -0.2) is 27.8 Å². The monoisotopic (exact) mass is 449 g/mol. The molecule has 2 aliphatic heterocycles. The fourth-order valence-corrected chi connectivity index (χ4v) is 4.56. The number of rotatable bonds is 4. The summed E-state index contributed by atoms with van der Waals surface area (Å²) < 4.78 is 11.1. The van der Waals surface area contributed by atoms with Gasteiger partial charge >= 0.3 is 0 Å². The molecule has 0 spiro atoms. The Bertz CT molecular complexity index is 1250. The largest absolute Gasteiger partial charge is 0.507 e. The van der Waals surface area contributed by atoms with Crippen LogP contribution in [0.4, 0.5) is 0 Å². The van der Waals surface area contributed by atoms with E-state index in [1.54, 1.807) is 48.5 Å². The molecule has 1 fully saturated rings. The van der Waals surface area contributed by atoms with Crippen molar-refractivity contribution < 1.29 is 23.8 Å². The van der Waals surface area contributed by atoms with Gasteiger partial charge in [0, 0.05) is 17.0 Å². The highest BCUT2D eigenvalue weighted by molar-refractivity contribution is 6.46. The summed E-state index contributed by atoms with van der Waals surface area (Å²) in [7, 11) is 0. The van der Waals surface area contributed by atoms with Gasteiger partial charge in [-0.15, -0.1) is 0 Å². The molecule has 0 saturated carbocycles. The van der Waals surface area contributed by atoms with E-state index < -0.39 is 17.7 Å². The number of benzene rings is 2. The van der Waals surface area contributed by atoms with E-state index in [-0.39, 0.29) is 24.0 Å². The number of carbonyl (C=O) groups excluding carboxylic acids is 2. The number of Topliss-reactive ketones (excluding diaryl/α,β-unsaturated/α-hetero) is 1. The van der Waals surface area contributed by atoms with Crippen molar-refractivity contribution in [3.63, 3.8) is 0 Å². The Balaban J connectivity index is 1.64. The molecule has 2 aromatic carbocycles. The van der Waals surface area contributed by atoms with Crippen LogP contribution in [0.25, 0.3) is 5.76 Å². The maximum Gasteiger partial charge on any atom is 0.296 e. The van der Waals surface area contributed by atoms with Crippen molar-refractivity contribution >= 4 is 29.1 Å². The lowest BCUT2D eigenvalue weighted by Gasteiger charge is -2.24. The third-order valence-electron chi connectivity index (χ3n) is 5.78. The molecule has 162 valence electrons. The van der Waals surface area contributed by atoms with Gasteiger partial charge in [0.15, 0.2) is 0 Å². The number of hydrogen-bond donors (Lipinski definition) is 1. The highest BCUT2D eigenvalue weighted by atomic mass is 35.5. The maximum absolute atomic E-state index is 13.1. The number of halogens is 1. The Morgan fingerprint density at radius 1 is 1.16 bits per heavy atom. The summed E-state index contributed by atoms with van der Waals surface area (Å²) in [6, 6.07) is 14.9. The second-order valence-electron chi connectivity index (χ2n) is 8.02. The molecule has 1 saturated heterocycles. The minimum absolute atomic E-state index is 0.0238. The Hall–Kier alpha value is -3.51. The van der Waals surface area contributed by atoms with Crippen molar-refractivity contribution in [2.24, 2.45) is 0 Å². The normalized spacial score (nSPS) is 21.6. The van der Waals surface area contributed by atoms with Gasteiger partial charge in [0.2, 0.25) is 0 Å². The first-order chi connectivity index (χ1) is 15.4. The molecular weight excluding hydrogens is 430 g/mol. The predicted molar refractivity (Wildman–Crippen MR) is 118 cm³/mol. The number of aliphatic hydroxyl groups excluding tert-OH is 1. The molecule has 0 aliphatic carbocycles. The summed E-state index contributed by atoms with van der Waals surface area (Å²) in [6.07, 6.45) is 2.27. The average Bonchev–Trinajstić information content (AvgIpc) is 3.47. The van der Waals surface area contributed by atoms with Crippen molar-refractivity contribution in [1.82, 2.24) is 4.90 Å². The summed E-state index contributed by atoms with van der Waals surface area (Å²) in [4.78, 5) is 27.5. The number of amides is 1. The van der Waals surface area contributed by atoms with Gasteiger partial charge in [-0.3, -0.25) is 9.59 Å². The first-order valence-electron chi connectivity index (χ1n) is 10.3. The van der Waals surface area contributed by atoms with E-state index in [0.29, 0.717) is 28.3 Å². The number of carbonyl (C=O) groups is 2. The molecule has 3 heterocycles. The van der Waals surface area contributed by atoms with Crippen LogP contribution in [0.3, 0.4) is 0 Å². The van der Waals surface area contributed by atoms with Crippen molar-refractivity contribution in [1.29, 1.82) is 0 Å². The number of fused-ring (bicyclic) bond motifs is 1. The van der Waals surface area contributed by atoms with Gasteiger partial charge in [0.05, 0.1) is 24.4 Å². The van der Waals surface area contributed by atoms with E-state index in [1.165, 1.54) is 11.2 Å². The van der Waals surface area contributed by atoms with E-state index in [2.05, 4.69) is 0 Å². The van der Waals surface area contributed by atoms with Crippen LogP contribution in [0.2, 0.25) is 5.02 Å². The van der Waals surface area contributed by atoms with Crippen LogP contribution in [0.5, 0.6) is 5.75 Å². The van der Waals surface area contributed by atoms with E-state index in [9.17, 15) is 14.7 Å². The van der Waals surface area contributed by atoms with Gasteiger partial charge in [-0.05, 0) is 60.5 Å². The zero-order valence-corrected chi connectivity index (χ0v) is 18.0. The molecule has 0 radical (unpaired) electrons. The number of hydrogen-bond acceptors (Lipinski definition) is 5. The highest BCUT2D eigenvalue weighted by Crippen LogP contribution is 2.41. The molecule has 1 aromatic heterocycles. The molecule has 2 atom stereocenters. The summed E-state index contributed by atoms with van der Waals surface area (Å²) in [5.74, 6) is -0.380. The van der Waals surface area contributed by atoms with Crippen molar-refractivity contribution in [3.8, 4) is 5.75 Å². The fourth-order valence-electron chi connectivity index (χ4n) is 4.36. The van der Waals surface area contributed by atoms with Gasteiger partial charge in [-0.1, -0.05) is 23.7 Å². The lowest BCUT2D eigenvalue weighted by Crippen LogP contribution is -2.29. The second-order valence-corrected chi connectivity index (χ2v) is 8.45. The van der Waals surface area contributed by atoms with Gasteiger partial charge in [-0.2, -0.15) is 0 Å². The molecule has 2 aliphatic rings. The van der Waals surface area contributed by atoms with Gasteiger partial charge in [0.25, 0.3) is 11.7 Å². The average molecular weight is 450 g/mol. The van der Waals surface area contributed by atoms with Crippen LogP contribution in [0.1, 0.15) is 35.4 Å². The molecule has 5 rings (SSSR count). The zero-order valence-electron chi connectivity index (χ0n) is 17.2. The quantitative estimate of drug-likeness (QED) is 0.349. The number of furan rings is 1. The highest BCUT2D eigenvalue weighted by Gasteiger charge is 2.46. The zero-order chi connectivity index (χ0) is 22.4. The minimum Gasteiger partial charge on any atom is -0.507 e. The molecule has 3 aromatic rings. The molecule has 7 heteroatoms. The molecule has 1 amide bonds. The van der Waals surface area contributed by atoms with Crippen LogP contribution >= 0.6 is 11.6 Å². The van der Waals surface area contributed by atoms with Gasteiger partial charge in [0.1, 0.15) is 23.4 Å². The number of aliphatic hydroxyl groups is 1. The Labute approximate surface area is 189 Å². The molecule has 2 unspecified atom stereocenters. The molecule has 6 nitrogen and oxygen atoms in total. The van der Waals surface area contributed by atoms with Crippen molar-refractivity contribution in [2.75, 3.05) is 0 Å². The molecule has 1 N–H and O–H groups in total. The number of ketones is 1. The summed E-state index contributed by atoms with van der Waals surface area (Å²) in [5, 5.41) is 11.7. The topological polar surface area (TPSA) is 80.0 Å². The Kier molecular flexibility index (Phi) is 5.02. The number of likely N-dealkylation sites (tertiary alicyclic amines) is 1. The Morgan fingerprint density at radius 2 is 2.00 bits per heavy atom. The van der Waals surface area contributed by atoms with E-state index in [4.69, 9.17) is 20.8 Å². The summed E-state index contributed by atoms with van der Waals surface area (Å²) >= 11 is 6.21. The lowest BCUT2D eigenvalue weighted by molar-refractivity contribution is -0.140. The van der Waals surface area contributed by atoms with Crippen LogP contribution in [-0.2, 0) is 22.6 Å². The SMILES string of the molecule is CC1Cc2cc(/C(O)=C3\C(=O)C(=O)N(Cc4ccco4)C3c3cccc(Cl)c3)ccc2O1. The van der Waals surface area contributed by atoms with Crippen LogP contribution in [0, 0.1) is 0 Å². The molecular formula is C25H20ClNO5. The van der Waals surface area contributed by atoms with Crippen molar-refractivity contribution in [2.45, 2.75) is 32.0 Å². The molecule has 32 heavy (non-hydrogen) atoms. The standard InChI is InChI=1S/C25H20ClNO5/c1-14-10-17-11-16(7-8-20(17)32-14)23(28)21-22(15-4-2-5-18(26)12-15)27(25(30)24(21)29)13-19-6-3-9-31-19/h2-9,11-12,14,22,28H,10,13H2,1H3/b23-21+. The first kappa shape index (κ1) is 20.4. The van der Waals surface area contributed by atoms with Gasteiger partial charge < -0.3 is 19.2 Å². The maximum atomic E-state index is 13.1. The van der Waals surface area contributed by atoms with E-state index >= 15 is 0 Å². The smallest absolute Gasteiger partial charge is 0.296 e. The number of nitrogens with zero attached hydrogens (tertiary/aromatic N) is 1.